The van der Waals surface area contributed by atoms with Crippen molar-refractivity contribution in [3.63, 3.8) is 0 Å². The molecule has 1 aromatic rings. The molecule has 1 aromatic carbocycles. The fourth-order valence-electron chi connectivity index (χ4n) is 4.09. The summed E-state index contributed by atoms with van der Waals surface area (Å²) in [6.07, 6.45) is 0.247. The summed E-state index contributed by atoms with van der Waals surface area (Å²) in [5, 5.41) is 0. The Hall–Kier alpha value is -1.69. The molecule has 0 spiro atoms. The standard InChI is InChI=1S/C19H25NO4/c1-12-18(13(2)21)15-10-17(20(12)14-8-6-5-7-9-14)24-16(11-22-3)19(15)23-4/h5-9,15-17,19H,10-11H2,1-4H3/t15?,16-,17?,19+/m1/s1. The first-order valence-electron chi connectivity index (χ1n) is 8.31. The maximum absolute atomic E-state index is 12.4. The van der Waals surface area contributed by atoms with Crippen molar-refractivity contribution in [3.8, 4) is 0 Å². The Morgan fingerprint density at radius 3 is 2.58 bits per heavy atom. The molecule has 2 unspecified atom stereocenters. The molecule has 2 aliphatic rings. The van der Waals surface area contributed by atoms with Gasteiger partial charge in [0.25, 0.3) is 0 Å². The number of benzene rings is 1. The fourth-order valence-corrected chi connectivity index (χ4v) is 4.09. The van der Waals surface area contributed by atoms with Crippen LogP contribution in [0.5, 0.6) is 0 Å². The molecular weight excluding hydrogens is 306 g/mol. The van der Waals surface area contributed by atoms with Crippen molar-refractivity contribution in [3.05, 3.63) is 41.6 Å². The molecule has 0 radical (unpaired) electrons. The van der Waals surface area contributed by atoms with Gasteiger partial charge in [-0.25, -0.2) is 0 Å². The van der Waals surface area contributed by atoms with Crippen LogP contribution in [0.3, 0.4) is 0 Å². The molecular formula is C19H25NO4. The number of para-hydroxylation sites is 1. The SMILES string of the molecule is COC[C@H]1OC2CC(C(C(C)=O)=C(C)N2c2ccccc2)[C@@H]1OC. The van der Waals surface area contributed by atoms with E-state index in [9.17, 15) is 4.79 Å². The first kappa shape index (κ1) is 17.1. The van der Waals surface area contributed by atoms with Crippen LogP contribution in [-0.4, -0.2) is 45.0 Å². The number of nitrogens with zero attached hydrogens (tertiary/aromatic N) is 1. The Morgan fingerprint density at radius 1 is 1.29 bits per heavy atom. The monoisotopic (exact) mass is 331 g/mol. The van der Waals surface area contributed by atoms with E-state index in [2.05, 4.69) is 4.90 Å². The topological polar surface area (TPSA) is 48.0 Å². The predicted octanol–water partition coefficient (Wildman–Crippen LogP) is 2.76. The number of methoxy groups -OCH3 is 2. The van der Waals surface area contributed by atoms with Gasteiger partial charge in [0.2, 0.25) is 0 Å². The lowest BCUT2D eigenvalue weighted by Gasteiger charge is -2.50. The Labute approximate surface area is 143 Å². The zero-order chi connectivity index (χ0) is 17.3. The van der Waals surface area contributed by atoms with E-state index in [-0.39, 0.29) is 30.1 Å². The quantitative estimate of drug-likeness (QED) is 0.830. The van der Waals surface area contributed by atoms with Crippen LogP contribution in [0.4, 0.5) is 5.69 Å². The van der Waals surface area contributed by atoms with Crippen LogP contribution in [0.15, 0.2) is 41.6 Å². The van der Waals surface area contributed by atoms with Gasteiger partial charge in [0.15, 0.2) is 5.78 Å². The van der Waals surface area contributed by atoms with Gasteiger partial charge in [-0.1, -0.05) is 18.2 Å². The molecule has 3 rings (SSSR count). The van der Waals surface area contributed by atoms with E-state index in [1.165, 1.54) is 0 Å². The average molecular weight is 331 g/mol. The van der Waals surface area contributed by atoms with E-state index in [1.54, 1.807) is 21.1 Å². The highest BCUT2D eigenvalue weighted by Gasteiger charge is 2.48. The molecule has 2 aliphatic heterocycles. The highest BCUT2D eigenvalue weighted by Crippen LogP contribution is 2.43. The summed E-state index contributed by atoms with van der Waals surface area (Å²) < 4.78 is 17.3. The third-order valence-electron chi connectivity index (χ3n) is 4.98. The van der Waals surface area contributed by atoms with Gasteiger partial charge in [0.05, 0.1) is 12.7 Å². The van der Waals surface area contributed by atoms with Crippen molar-refractivity contribution in [2.24, 2.45) is 5.92 Å². The third-order valence-corrected chi connectivity index (χ3v) is 4.98. The number of hydrogen-bond donors (Lipinski definition) is 0. The van der Waals surface area contributed by atoms with Crippen molar-refractivity contribution >= 4 is 11.5 Å². The van der Waals surface area contributed by atoms with Crippen LogP contribution in [0.25, 0.3) is 0 Å². The van der Waals surface area contributed by atoms with Gasteiger partial charge >= 0.3 is 0 Å². The highest BCUT2D eigenvalue weighted by molar-refractivity contribution is 5.95. The number of fused-ring (bicyclic) bond motifs is 2. The van der Waals surface area contributed by atoms with Crippen LogP contribution in [0.1, 0.15) is 20.3 Å². The molecule has 24 heavy (non-hydrogen) atoms. The first-order valence-corrected chi connectivity index (χ1v) is 8.31. The molecule has 130 valence electrons. The van der Waals surface area contributed by atoms with Gasteiger partial charge in [0.1, 0.15) is 12.3 Å². The minimum atomic E-state index is -0.197. The summed E-state index contributed by atoms with van der Waals surface area (Å²) in [5.41, 5.74) is 2.82. The Kier molecular flexibility index (Phi) is 5.04. The van der Waals surface area contributed by atoms with E-state index >= 15 is 0 Å². The van der Waals surface area contributed by atoms with Crippen LogP contribution in [0.2, 0.25) is 0 Å². The van der Waals surface area contributed by atoms with Crippen LogP contribution < -0.4 is 4.90 Å². The van der Waals surface area contributed by atoms with E-state index < -0.39 is 0 Å². The van der Waals surface area contributed by atoms with Gasteiger partial charge in [0, 0.05) is 43.5 Å². The van der Waals surface area contributed by atoms with Crippen molar-refractivity contribution < 1.29 is 19.0 Å². The Morgan fingerprint density at radius 2 is 2.00 bits per heavy atom. The molecule has 0 aliphatic carbocycles. The first-order chi connectivity index (χ1) is 11.6. The number of hydrogen-bond acceptors (Lipinski definition) is 5. The summed E-state index contributed by atoms with van der Waals surface area (Å²) in [6.45, 7) is 4.07. The normalized spacial score (nSPS) is 29.8. The third kappa shape index (κ3) is 2.88. The molecule has 0 N–H and O–H groups in total. The summed E-state index contributed by atoms with van der Waals surface area (Å²) in [7, 11) is 3.33. The second kappa shape index (κ2) is 7.05. The molecule has 5 heteroatoms. The van der Waals surface area contributed by atoms with Crippen LogP contribution in [0, 0.1) is 5.92 Å². The van der Waals surface area contributed by atoms with Crippen molar-refractivity contribution in [1.29, 1.82) is 0 Å². The fraction of sp³-hybridized carbons (Fsp3) is 0.526. The number of carbonyl (C=O) groups is 1. The number of ketones is 1. The largest absolute Gasteiger partial charge is 0.382 e. The summed E-state index contributed by atoms with van der Waals surface area (Å²) >= 11 is 0. The van der Waals surface area contributed by atoms with Crippen LogP contribution >= 0.6 is 0 Å². The summed E-state index contributed by atoms with van der Waals surface area (Å²) in [6, 6.07) is 10.1. The molecule has 0 aromatic heterocycles. The number of Topliss-reactive ketones (excluding diaryl/α,β-unsaturated/α-hetero) is 1. The molecule has 1 fully saturated rings. The lowest BCUT2D eigenvalue weighted by atomic mass is 9.78. The van der Waals surface area contributed by atoms with Gasteiger partial charge < -0.3 is 19.1 Å². The predicted molar refractivity (Wildman–Crippen MR) is 91.7 cm³/mol. The second-order valence-electron chi connectivity index (χ2n) is 6.39. The maximum atomic E-state index is 12.4. The smallest absolute Gasteiger partial charge is 0.157 e. The Bertz CT molecular complexity index is 628. The lowest BCUT2D eigenvalue weighted by Crippen LogP contribution is -2.57. The number of anilines is 1. The molecule has 2 heterocycles. The van der Waals surface area contributed by atoms with E-state index in [0.717, 1.165) is 23.4 Å². The summed E-state index contributed by atoms with van der Waals surface area (Å²) in [5.74, 6) is 0.128. The molecule has 1 saturated heterocycles. The number of ether oxygens (including phenoxy) is 3. The van der Waals surface area contributed by atoms with Gasteiger partial charge in [-0.2, -0.15) is 0 Å². The Balaban J connectivity index is 2.08. The van der Waals surface area contributed by atoms with E-state index in [4.69, 9.17) is 14.2 Å². The zero-order valence-corrected chi connectivity index (χ0v) is 14.7. The number of allylic oxidation sites excluding steroid dienone is 1. The molecule has 5 nitrogen and oxygen atoms in total. The maximum Gasteiger partial charge on any atom is 0.157 e. The number of carbonyl (C=O) groups excluding carboxylic acids is 1. The van der Waals surface area contributed by atoms with Crippen molar-refractivity contribution in [1.82, 2.24) is 0 Å². The van der Waals surface area contributed by atoms with Crippen LogP contribution in [-0.2, 0) is 19.0 Å². The highest BCUT2D eigenvalue weighted by atomic mass is 16.6. The van der Waals surface area contributed by atoms with Crippen molar-refractivity contribution in [2.45, 2.75) is 38.7 Å². The van der Waals surface area contributed by atoms with E-state index in [1.807, 2.05) is 37.3 Å². The van der Waals surface area contributed by atoms with Crippen molar-refractivity contribution in [2.75, 3.05) is 25.7 Å². The van der Waals surface area contributed by atoms with E-state index in [0.29, 0.717) is 6.61 Å². The van der Waals surface area contributed by atoms with Gasteiger partial charge in [-0.3, -0.25) is 4.79 Å². The van der Waals surface area contributed by atoms with Gasteiger partial charge in [-0.15, -0.1) is 0 Å². The minimum absolute atomic E-state index is 0.0337. The second-order valence-corrected chi connectivity index (χ2v) is 6.39. The number of rotatable bonds is 5. The summed E-state index contributed by atoms with van der Waals surface area (Å²) in [4.78, 5) is 14.5. The lowest BCUT2D eigenvalue weighted by molar-refractivity contribution is -0.169. The molecule has 0 saturated carbocycles. The molecule has 0 amide bonds. The zero-order valence-electron chi connectivity index (χ0n) is 14.7. The van der Waals surface area contributed by atoms with Gasteiger partial charge in [-0.05, 0) is 26.0 Å². The molecule has 2 bridgehead atoms. The average Bonchev–Trinajstić information content (AvgIpc) is 2.56. The molecule has 4 atom stereocenters. The minimum Gasteiger partial charge on any atom is -0.382 e.